The Balaban J connectivity index is 1.61. The Morgan fingerprint density at radius 1 is 1.24 bits per heavy atom. The molecule has 2 aliphatic rings. The van der Waals surface area contributed by atoms with E-state index in [1.807, 2.05) is 12.1 Å². The molecule has 1 spiro atoms. The van der Waals surface area contributed by atoms with E-state index in [9.17, 15) is 13.2 Å². The van der Waals surface area contributed by atoms with Gasteiger partial charge in [0, 0.05) is 36.1 Å². The highest BCUT2D eigenvalue weighted by molar-refractivity contribution is 9.10. The molecule has 2 saturated heterocycles. The van der Waals surface area contributed by atoms with Crippen LogP contribution >= 0.6 is 15.9 Å². The molecule has 0 N–H and O–H groups in total. The van der Waals surface area contributed by atoms with Crippen LogP contribution in [-0.4, -0.2) is 43.8 Å². The quantitative estimate of drug-likeness (QED) is 0.813. The zero-order valence-electron chi connectivity index (χ0n) is 11.1. The standard InChI is InChI=1S/C14H13BrF3N3/c15-11-2-1-10(4-19)12(3-11)21-7-13(8-21)5-20(6-13)9-14(16,17)18/h1-3H,5-9H2. The molecule has 1 aromatic rings. The summed E-state index contributed by atoms with van der Waals surface area (Å²) >= 11 is 3.38. The second-order valence-corrected chi connectivity index (χ2v) is 6.81. The lowest BCUT2D eigenvalue weighted by Gasteiger charge is -2.61. The lowest BCUT2D eigenvalue weighted by atomic mass is 9.72. The number of likely N-dealkylation sites (tertiary alicyclic amines) is 1. The van der Waals surface area contributed by atoms with Gasteiger partial charge < -0.3 is 4.90 Å². The van der Waals surface area contributed by atoms with Crippen molar-refractivity contribution in [3.8, 4) is 6.07 Å². The molecule has 0 aliphatic carbocycles. The molecule has 1 aromatic carbocycles. The molecule has 7 heteroatoms. The number of rotatable bonds is 2. The fourth-order valence-corrected chi connectivity index (χ4v) is 3.61. The van der Waals surface area contributed by atoms with Gasteiger partial charge in [-0.25, -0.2) is 0 Å². The number of nitriles is 1. The third-order valence-corrected chi connectivity index (χ3v) is 4.49. The summed E-state index contributed by atoms with van der Waals surface area (Å²) in [5.41, 5.74) is 1.42. The summed E-state index contributed by atoms with van der Waals surface area (Å²) < 4.78 is 37.8. The molecule has 0 aromatic heterocycles. The summed E-state index contributed by atoms with van der Waals surface area (Å²) in [6.45, 7) is 1.58. The minimum absolute atomic E-state index is 0.0275. The van der Waals surface area contributed by atoms with Gasteiger partial charge in [0.1, 0.15) is 6.07 Å². The Kier molecular flexibility index (Phi) is 3.41. The van der Waals surface area contributed by atoms with E-state index in [-0.39, 0.29) is 5.41 Å². The first-order valence-corrected chi connectivity index (χ1v) is 7.33. The van der Waals surface area contributed by atoms with Gasteiger partial charge in [0.2, 0.25) is 0 Å². The van der Waals surface area contributed by atoms with Crippen LogP contribution in [0.4, 0.5) is 18.9 Å². The smallest absolute Gasteiger partial charge is 0.369 e. The van der Waals surface area contributed by atoms with Gasteiger partial charge in [-0.15, -0.1) is 0 Å². The van der Waals surface area contributed by atoms with Crippen LogP contribution in [0.25, 0.3) is 0 Å². The first-order chi connectivity index (χ1) is 9.80. The molecule has 0 unspecified atom stereocenters. The Morgan fingerprint density at radius 3 is 2.48 bits per heavy atom. The molecule has 0 saturated carbocycles. The second kappa shape index (κ2) is 4.89. The lowest BCUT2D eigenvalue weighted by Crippen LogP contribution is -2.73. The number of halogens is 4. The van der Waals surface area contributed by atoms with Gasteiger partial charge in [-0.3, -0.25) is 4.90 Å². The summed E-state index contributed by atoms with van der Waals surface area (Å²) in [7, 11) is 0. The van der Waals surface area contributed by atoms with Crippen LogP contribution in [0.2, 0.25) is 0 Å². The summed E-state index contributed by atoms with van der Waals surface area (Å²) in [5, 5.41) is 9.12. The van der Waals surface area contributed by atoms with Gasteiger partial charge in [-0.05, 0) is 18.2 Å². The SMILES string of the molecule is N#Cc1ccc(Br)cc1N1CC2(CN(CC(F)(F)F)C2)C1. The van der Waals surface area contributed by atoms with Crippen molar-refractivity contribution in [2.45, 2.75) is 6.18 Å². The number of benzene rings is 1. The molecule has 2 aliphatic heterocycles. The molecule has 21 heavy (non-hydrogen) atoms. The van der Waals surface area contributed by atoms with Crippen molar-refractivity contribution in [2.75, 3.05) is 37.6 Å². The van der Waals surface area contributed by atoms with Crippen molar-refractivity contribution < 1.29 is 13.2 Å². The zero-order chi connectivity index (χ0) is 15.3. The maximum absolute atomic E-state index is 12.3. The minimum Gasteiger partial charge on any atom is -0.369 e. The summed E-state index contributed by atoms with van der Waals surface area (Å²) in [4.78, 5) is 3.50. The Morgan fingerprint density at radius 2 is 1.90 bits per heavy atom. The molecule has 0 amide bonds. The predicted molar refractivity (Wildman–Crippen MR) is 76.0 cm³/mol. The molecule has 3 nitrogen and oxygen atoms in total. The largest absolute Gasteiger partial charge is 0.401 e. The van der Waals surface area contributed by atoms with Gasteiger partial charge in [0.15, 0.2) is 0 Å². The third kappa shape index (κ3) is 2.87. The van der Waals surface area contributed by atoms with Crippen LogP contribution in [0.3, 0.4) is 0 Å². The average Bonchev–Trinajstić information content (AvgIpc) is 2.29. The lowest BCUT2D eigenvalue weighted by molar-refractivity contribution is -0.172. The van der Waals surface area contributed by atoms with E-state index in [4.69, 9.17) is 5.26 Å². The molecule has 112 valence electrons. The molecular formula is C14H13BrF3N3. The first kappa shape index (κ1) is 14.7. The van der Waals surface area contributed by atoms with E-state index in [0.717, 1.165) is 10.2 Å². The van der Waals surface area contributed by atoms with Gasteiger partial charge >= 0.3 is 6.18 Å². The monoisotopic (exact) mass is 359 g/mol. The number of anilines is 1. The zero-order valence-corrected chi connectivity index (χ0v) is 12.7. The van der Waals surface area contributed by atoms with Crippen LogP contribution in [0, 0.1) is 16.7 Å². The second-order valence-electron chi connectivity index (χ2n) is 5.89. The Hall–Kier alpha value is -1.26. The van der Waals surface area contributed by atoms with Crippen LogP contribution in [0.1, 0.15) is 5.56 Å². The normalized spacial score (nSPS) is 20.8. The molecule has 0 bridgehead atoms. The Bertz CT molecular complexity index is 594. The first-order valence-electron chi connectivity index (χ1n) is 6.54. The van der Waals surface area contributed by atoms with Crippen molar-refractivity contribution in [2.24, 2.45) is 5.41 Å². The average molecular weight is 360 g/mol. The predicted octanol–water partition coefficient (Wildman–Crippen LogP) is 3.01. The van der Waals surface area contributed by atoms with Crippen LogP contribution in [0.5, 0.6) is 0 Å². The topological polar surface area (TPSA) is 30.3 Å². The van der Waals surface area contributed by atoms with E-state index in [1.165, 1.54) is 4.90 Å². The highest BCUT2D eigenvalue weighted by Gasteiger charge is 2.53. The Labute approximate surface area is 129 Å². The number of nitrogens with zero attached hydrogens (tertiary/aromatic N) is 3. The molecule has 0 atom stereocenters. The molecule has 2 fully saturated rings. The molecule has 2 heterocycles. The van der Waals surface area contributed by atoms with Crippen molar-refractivity contribution in [3.05, 3.63) is 28.2 Å². The summed E-state index contributed by atoms with van der Waals surface area (Å²) in [5.74, 6) is 0. The molecular weight excluding hydrogens is 347 g/mol. The van der Waals surface area contributed by atoms with Crippen LogP contribution < -0.4 is 4.90 Å². The summed E-state index contributed by atoms with van der Waals surface area (Å²) in [6, 6.07) is 7.60. The van der Waals surface area contributed by atoms with Gasteiger partial charge in [0.05, 0.1) is 17.8 Å². The minimum atomic E-state index is -4.12. The van der Waals surface area contributed by atoms with E-state index in [2.05, 4.69) is 26.9 Å². The van der Waals surface area contributed by atoms with Crippen molar-refractivity contribution in [3.63, 3.8) is 0 Å². The van der Waals surface area contributed by atoms with Gasteiger partial charge in [-0.1, -0.05) is 15.9 Å². The van der Waals surface area contributed by atoms with Crippen molar-refractivity contribution >= 4 is 21.6 Å². The van der Waals surface area contributed by atoms with Crippen molar-refractivity contribution in [1.29, 1.82) is 5.26 Å². The number of alkyl halides is 3. The molecule has 3 rings (SSSR count). The fourth-order valence-electron chi connectivity index (χ4n) is 3.26. The maximum Gasteiger partial charge on any atom is 0.401 e. The van der Waals surface area contributed by atoms with Gasteiger partial charge in [0.25, 0.3) is 0 Å². The van der Waals surface area contributed by atoms with Gasteiger partial charge in [-0.2, -0.15) is 18.4 Å². The van der Waals surface area contributed by atoms with E-state index in [0.29, 0.717) is 31.7 Å². The maximum atomic E-state index is 12.3. The van der Waals surface area contributed by atoms with E-state index in [1.54, 1.807) is 6.07 Å². The molecule has 0 radical (unpaired) electrons. The van der Waals surface area contributed by atoms with E-state index < -0.39 is 12.7 Å². The van der Waals surface area contributed by atoms with Crippen LogP contribution in [0.15, 0.2) is 22.7 Å². The van der Waals surface area contributed by atoms with Crippen molar-refractivity contribution in [1.82, 2.24) is 4.90 Å². The highest BCUT2D eigenvalue weighted by atomic mass is 79.9. The third-order valence-electron chi connectivity index (χ3n) is 3.99. The van der Waals surface area contributed by atoms with Crippen LogP contribution in [-0.2, 0) is 0 Å². The number of hydrogen-bond acceptors (Lipinski definition) is 3. The summed E-state index contributed by atoms with van der Waals surface area (Å²) in [6.07, 6.45) is -4.12. The highest BCUT2D eigenvalue weighted by Crippen LogP contribution is 2.43. The fraction of sp³-hybridized carbons (Fsp3) is 0.500. The van der Waals surface area contributed by atoms with E-state index >= 15 is 0 Å². The number of hydrogen-bond donors (Lipinski definition) is 0.